The molecule has 1 fully saturated rings. The van der Waals surface area contributed by atoms with E-state index in [1.807, 2.05) is 45.0 Å². The van der Waals surface area contributed by atoms with Gasteiger partial charge in [-0.05, 0) is 64.5 Å². The average molecular weight is 289 g/mol. The quantitative estimate of drug-likeness (QED) is 0.875. The molecule has 0 radical (unpaired) electrons. The van der Waals surface area contributed by atoms with E-state index < -0.39 is 11.0 Å². The maximum absolute atomic E-state index is 12.8. The van der Waals surface area contributed by atoms with Crippen LogP contribution in [0.25, 0.3) is 0 Å². The van der Waals surface area contributed by atoms with Gasteiger partial charge in [0.25, 0.3) is 0 Å². The molecule has 0 aromatic heterocycles. The van der Waals surface area contributed by atoms with E-state index in [9.17, 15) is 9.90 Å². The minimum Gasteiger partial charge on any atom is -0.388 e. The van der Waals surface area contributed by atoms with Crippen molar-refractivity contribution in [2.75, 3.05) is 0 Å². The van der Waals surface area contributed by atoms with Gasteiger partial charge in [-0.15, -0.1) is 0 Å². The molecule has 3 heteroatoms. The zero-order valence-corrected chi connectivity index (χ0v) is 13.7. The monoisotopic (exact) mass is 289 g/mol. The molecule has 21 heavy (non-hydrogen) atoms. The van der Waals surface area contributed by atoms with Crippen molar-refractivity contribution >= 4 is 5.91 Å². The minimum absolute atomic E-state index is 0.0178. The van der Waals surface area contributed by atoms with Crippen LogP contribution in [-0.2, 0) is 10.2 Å². The Hall–Kier alpha value is -1.35. The Balaban J connectivity index is 2.20. The highest BCUT2D eigenvalue weighted by atomic mass is 16.3. The van der Waals surface area contributed by atoms with Crippen LogP contribution in [0.1, 0.15) is 51.7 Å². The van der Waals surface area contributed by atoms with Crippen LogP contribution in [0.15, 0.2) is 24.3 Å². The molecule has 1 aliphatic carbocycles. The molecule has 1 atom stereocenters. The molecule has 3 nitrogen and oxygen atoms in total. The van der Waals surface area contributed by atoms with E-state index in [4.69, 9.17) is 0 Å². The van der Waals surface area contributed by atoms with Gasteiger partial charge in [-0.1, -0.05) is 24.3 Å². The van der Waals surface area contributed by atoms with E-state index >= 15 is 0 Å². The summed E-state index contributed by atoms with van der Waals surface area (Å²) in [6.45, 7) is 9.46. The number of carbonyl (C=O) groups is 1. The van der Waals surface area contributed by atoms with Gasteiger partial charge in [-0.25, -0.2) is 0 Å². The van der Waals surface area contributed by atoms with Crippen molar-refractivity contribution in [3.63, 3.8) is 0 Å². The molecule has 1 saturated carbocycles. The lowest BCUT2D eigenvalue weighted by atomic mass is 9.80. The first kappa shape index (κ1) is 16.0. The van der Waals surface area contributed by atoms with Crippen LogP contribution >= 0.6 is 0 Å². The van der Waals surface area contributed by atoms with Crippen molar-refractivity contribution in [3.05, 3.63) is 35.4 Å². The summed E-state index contributed by atoms with van der Waals surface area (Å²) < 4.78 is 0. The fourth-order valence-electron chi connectivity index (χ4n) is 3.02. The second-order valence-electron chi connectivity index (χ2n) is 7.38. The number of hydrogen-bond donors (Lipinski definition) is 2. The van der Waals surface area contributed by atoms with Gasteiger partial charge >= 0.3 is 0 Å². The summed E-state index contributed by atoms with van der Waals surface area (Å²) in [4.78, 5) is 12.8. The van der Waals surface area contributed by atoms with E-state index in [2.05, 4.69) is 5.32 Å². The highest BCUT2D eigenvalue weighted by Crippen LogP contribution is 2.38. The first-order valence-electron chi connectivity index (χ1n) is 7.73. The summed E-state index contributed by atoms with van der Waals surface area (Å²) in [6.07, 6.45) is 2.17. The number of rotatable bonds is 5. The smallest absolute Gasteiger partial charge is 0.230 e. The molecule has 0 saturated heterocycles. The molecule has 116 valence electrons. The van der Waals surface area contributed by atoms with E-state index in [0.717, 1.165) is 24.0 Å². The number of benzene rings is 1. The van der Waals surface area contributed by atoms with Crippen molar-refractivity contribution in [2.24, 2.45) is 5.92 Å². The van der Waals surface area contributed by atoms with Gasteiger partial charge in [0.15, 0.2) is 0 Å². The Morgan fingerprint density at radius 1 is 1.24 bits per heavy atom. The lowest BCUT2D eigenvalue weighted by molar-refractivity contribution is -0.128. The largest absolute Gasteiger partial charge is 0.388 e. The lowest BCUT2D eigenvalue weighted by Crippen LogP contribution is -2.54. The summed E-state index contributed by atoms with van der Waals surface area (Å²) in [6, 6.07) is 7.81. The summed E-state index contributed by atoms with van der Waals surface area (Å²) in [7, 11) is 0. The SMILES string of the molecule is Cc1ccccc1C(C)(C)C(=O)NC(C1CC1)C(C)(C)O. The highest BCUT2D eigenvalue weighted by Gasteiger charge is 2.43. The number of carbonyl (C=O) groups excluding carboxylic acids is 1. The summed E-state index contributed by atoms with van der Waals surface area (Å²) in [5.74, 6) is 0.387. The summed E-state index contributed by atoms with van der Waals surface area (Å²) in [5.41, 5.74) is 0.652. The van der Waals surface area contributed by atoms with Crippen molar-refractivity contribution in [1.82, 2.24) is 5.32 Å². The first-order valence-corrected chi connectivity index (χ1v) is 7.73. The predicted molar refractivity (Wildman–Crippen MR) is 85.2 cm³/mol. The van der Waals surface area contributed by atoms with Crippen LogP contribution in [0.4, 0.5) is 0 Å². The summed E-state index contributed by atoms with van der Waals surface area (Å²) >= 11 is 0. The Bertz CT molecular complexity index is 524. The van der Waals surface area contributed by atoms with Gasteiger partial charge in [-0.3, -0.25) is 4.79 Å². The number of aliphatic hydroxyl groups is 1. The van der Waals surface area contributed by atoms with E-state index in [1.165, 1.54) is 0 Å². The molecule has 2 rings (SSSR count). The van der Waals surface area contributed by atoms with Gasteiger partial charge < -0.3 is 10.4 Å². The molecule has 2 N–H and O–H groups in total. The Kier molecular flexibility index (Phi) is 4.16. The predicted octanol–water partition coefficient (Wildman–Crippen LogP) is 2.94. The van der Waals surface area contributed by atoms with E-state index in [-0.39, 0.29) is 11.9 Å². The second kappa shape index (κ2) is 5.45. The summed E-state index contributed by atoms with van der Waals surface area (Å²) in [5, 5.41) is 13.4. The normalized spacial score (nSPS) is 17.4. The number of amides is 1. The molecule has 0 heterocycles. The third-order valence-electron chi connectivity index (χ3n) is 4.53. The highest BCUT2D eigenvalue weighted by molar-refractivity contribution is 5.88. The van der Waals surface area contributed by atoms with Crippen LogP contribution in [-0.4, -0.2) is 22.7 Å². The van der Waals surface area contributed by atoms with Gasteiger partial charge in [0.1, 0.15) is 0 Å². The molecule has 1 unspecified atom stereocenters. The molecular weight excluding hydrogens is 262 g/mol. The Morgan fingerprint density at radius 2 is 1.81 bits per heavy atom. The Labute approximate surface area is 127 Å². The van der Waals surface area contributed by atoms with Crippen molar-refractivity contribution in [1.29, 1.82) is 0 Å². The zero-order chi connectivity index (χ0) is 15.8. The standard InChI is InChI=1S/C18H27NO2/c1-12-8-6-7-9-14(12)17(2,3)16(20)19-15(13-10-11-13)18(4,5)21/h6-9,13,15,21H,10-11H2,1-5H3,(H,19,20). The van der Waals surface area contributed by atoms with Crippen LogP contribution < -0.4 is 5.32 Å². The lowest BCUT2D eigenvalue weighted by Gasteiger charge is -2.34. The van der Waals surface area contributed by atoms with Crippen molar-refractivity contribution < 1.29 is 9.90 Å². The number of hydrogen-bond acceptors (Lipinski definition) is 2. The topological polar surface area (TPSA) is 49.3 Å². The van der Waals surface area contributed by atoms with Gasteiger partial charge in [0, 0.05) is 0 Å². The third kappa shape index (κ3) is 3.46. The van der Waals surface area contributed by atoms with Crippen LogP contribution in [0.3, 0.4) is 0 Å². The molecule has 0 aliphatic heterocycles. The third-order valence-corrected chi connectivity index (χ3v) is 4.53. The maximum atomic E-state index is 12.8. The van der Waals surface area contributed by atoms with Gasteiger partial charge in [0.2, 0.25) is 5.91 Å². The Morgan fingerprint density at radius 3 is 2.29 bits per heavy atom. The minimum atomic E-state index is -0.890. The maximum Gasteiger partial charge on any atom is 0.230 e. The van der Waals surface area contributed by atoms with E-state index in [0.29, 0.717) is 5.92 Å². The van der Waals surface area contributed by atoms with E-state index in [1.54, 1.807) is 13.8 Å². The van der Waals surface area contributed by atoms with Gasteiger partial charge in [-0.2, -0.15) is 0 Å². The first-order chi connectivity index (χ1) is 9.64. The van der Waals surface area contributed by atoms with Crippen LogP contribution in [0, 0.1) is 12.8 Å². The van der Waals surface area contributed by atoms with Crippen LogP contribution in [0.5, 0.6) is 0 Å². The molecule has 0 spiro atoms. The molecule has 1 aromatic rings. The fraction of sp³-hybridized carbons (Fsp3) is 0.611. The zero-order valence-electron chi connectivity index (χ0n) is 13.7. The fourth-order valence-corrected chi connectivity index (χ4v) is 3.02. The van der Waals surface area contributed by atoms with Gasteiger partial charge in [0.05, 0.1) is 17.1 Å². The average Bonchev–Trinajstić information content (AvgIpc) is 3.18. The molecular formula is C18H27NO2. The van der Waals surface area contributed by atoms with Crippen LogP contribution in [0.2, 0.25) is 0 Å². The molecule has 1 aromatic carbocycles. The van der Waals surface area contributed by atoms with Crippen molar-refractivity contribution in [2.45, 2.75) is 64.5 Å². The molecule has 0 bridgehead atoms. The van der Waals surface area contributed by atoms with Crippen molar-refractivity contribution in [3.8, 4) is 0 Å². The number of nitrogens with one attached hydrogen (secondary N) is 1. The second-order valence-corrected chi connectivity index (χ2v) is 7.38. The number of aryl methyl sites for hydroxylation is 1. The molecule has 1 aliphatic rings. The molecule has 1 amide bonds.